The van der Waals surface area contributed by atoms with E-state index in [-0.39, 0.29) is 11.4 Å². The van der Waals surface area contributed by atoms with Crippen molar-refractivity contribution in [2.75, 3.05) is 0 Å². The zero-order chi connectivity index (χ0) is 17.3. The average molecular weight is 363 g/mol. The standard InChI is InChI=1S/C16H17N3O3S2/c1-10-4-6-13(7-5-10)9-17-24(20,21)15-8-14(23-11(15)2)16-18-12(3)22-19-16/h4-8,17H,9H2,1-3H3. The van der Waals surface area contributed by atoms with E-state index in [1.807, 2.05) is 31.2 Å². The van der Waals surface area contributed by atoms with E-state index >= 15 is 0 Å². The number of nitrogens with one attached hydrogen (secondary N) is 1. The molecule has 8 heteroatoms. The second-order valence-corrected chi connectivity index (χ2v) is 8.47. The van der Waals surface area contributed by atoms with E-state index in [1.165, 1.54) is 11.3 Å². The Bertz CT molecular complexity index is 957. The van der Waals surface area contributed by atoms with Crippen molar-refractivity contribution in [3.63, 3.8) is 0 Å². The molecule has 0 atom stereocenters. The molecule has 0 aliphatic rings. The summed E-state index contributed by atoms with van der Waals surface area (Å²) in [5, 5.41) is 3.83. The monoisotopic (exact) mass is 363 g/mol. The highest BCUT2D eigenvalue weighted by molar-refractivity contribution is 7.89. The minimum Gasteiger partial charge on any atom is -0.339 e. The van der Waals surface area contributed by atoms with Crippen molar-refractivity contribution in [3.05, 3.63) is 52.2 Å². The van der Waals surface area contributed by atoms with Crippen LogP contribution in [-0.4, -0.2) is 18.6 Å². The molecule has 3 rings (SSSR count). The van der Waals surface area contributed by atoms with Crippen molar-refractivity contribution in [3.8, 4) is 10.7 Å². The van der Waals surface area contributed by atoms with Gasteiger partial charge in [0, 0.05) is 18.3 Å². The third-order valence-electron chi connectivity index (χ3n) is 3.50. The highest BCUT2D eigenvalue weighted by Crippen LogP contribution is 2.32. The average Bonchev–Trinajstić information content (AvgIpc) is 3.13. The summed E-state index contributed by atoms with van der Waals surface area (Å²) < 4.78 is 32.7. The molecule has 0 saturated heterocycles. The van der Waals surface area contributed by atoms with E-state index in [0.29, 0.717) is 21.5 Å². The lowest BCUT2D eigenvalue weighted by atomic mass is 10.2. The Hall–Kier alpha value is -2.03. The molecule has 0 bridgehead atoms. The Morgan fingerprint density at radius 1 is 1.17 bits per heavy atom. The predicted molar refractivity (Wildman–Crippen MR) is 92.3 cm³/mol. The van der Waals surface area contributed by atoms with Crippen LogP contribution in [0.15, 0.2) is 39.8 Å². The van der Waals surface area contributed by atoms with Crippen LogP contribution >= 0.6 is 11.3 Å². The van der Waals surface area contributed by atoms with Crippen LogP contribution in [0.5, 0.6) is 0 Å². The van der Waals surface area contributed by atoms with Gasteiger partial charge in [-0.15, -0.1) is 11.3 Å². The molecule has 1 N–H and O–H groups in total. The Kier molecular flexibility index (Phi) is 4.53. The first-order valence-corrected chi connectivity index (χ1v) is 9.61. The summed E-state index contributed by atoms with van der Waals surface area (Å²) in [6.45, 7) is 5.69. The number of thiophene rings is 1. The summed E-state index contributed by atoms with van der Waals surface area (Å²) in [5.41, 5.74) is 2.04. The summed E-state index contributed by atoms with van der Waals surface area (Å²) >= 11 is 1.33. The second kappa shape index (κ2) is 6.46. The lowest BCUT2D eigenvalue weighted by Gasteiger charge is -2.06. The zero-order valence-electron chi connectivity index (χ0n) is 13.5. The molecule has 0 fully saturated rings. The van der Waals surface area contributed by atoms with Crippen molar-refractivity contribution >= 4 is 21.4 Å². The van der Waals surface area contributed by atoms with E-state index < -0.39 is 10.0 Å². The van der Waals surface area contributed by atoms with Crippen LogP contribution in [0.3, 0.4) is 0 Å². The molecular formula is C16H17N3O3S2. The number of aryl methyl sites for hydroxylation is 3. The number of benzene rings is 1. The maximum Gasteiger partial charge on any atom is 0.241 e. The quantitative estimate of drug-likeness (QED) is 0.752. The number of hydrogen-bond donors (Lipinski definition) is 1. The van der Waals surface area contributed by atoms with Gasteiger partial charge in [0.2, 0.25) is 21.7 Å². The molecule has 0 radical (unpaired) electrons. The number of nitrogens with zero attached hydrogens (tertiary/aromatic N) is 2. The van der Waals surface area contributed by atoms with Crippen LogP contribution in [0, 0.1) is 20.8 Å². The first-order chi connectivity index (χ1) is 11.3. The van der Waals surface area contributed by atoms with Gasteiger partial charge in [-0.2, -0.15) is 4.98 Å². The molecule has 0 unspecified atom stereocenters. The Morgan fingerprint density at radius 2 is 1.88 bits per heavy atom. The van der Waals surface area contributed by atoms with Gasteiger partial charge in [-0.3, -0.25) is 0 Å². The molecule has 0 spiro atoms. The summed E-state index contributed by atoms with van der Waals surface area (Å²) in [6.07, 6.45) is 0. The summed E-state index contributed by atoms with van der Waals surface area (Å²) in [6, 6.07) is 9.31. The lowest BCUT2D eigenvalue weighted by molar-refractivity contribution is 0.394. The molecule has 2 heterocycles. The third kappa shape index (κ3) is 3.55. The van der Waals surface area contributed by atoms with Crippen molar-refractivity contribution in [1.29, 1.82) is 0 Å². The molecule has 6 nitrogen and oxygen atoms in total. The first-order valence-electron chi connectivity index (χ1n) is 7.31. The maximum atomic E-state index is 12.6. The Morgan fingerprint density at radius 3 is 2.50 bits per heavy atom. The second-order valence-electron chi connectivity index (χ2n) is 5.48. The summed E-state index contributed by atoms with van der Waals surface area (Å²) in [4.78, 5) is 5.73. The minimum atomic E-state index is -3.61. The largest absolute Gasteiger partial charge is 0.339 e. The molecule has 0 aliphatic heterocycles. The van der Waals surface area contributed by atoms with Gasteiger partial charge in [-0.05, 0) is 25.5 Å². The Balaban J connectivity index is 1.81. The predicted octanol–water partition coefficient (Wildman–Crippen LogP) is 3.20. The summed E-state index contributed by atoms with van der Waals surface area (Å²) in [7, 11) is -3.61. The maximum absolute atomic E-state index is 12.6. The van der Waals surface area contributed by atoms with Crippen LogP contribution in [0.25, 0.3) is 10.7 Å². The highest BCUT2D eigenvalue weighted by atomic mass is 32.2. The zero-order valence-corrected chi connectivity index (χ0v) is 15.2. The lowest BCUT2D eigenvalue weighted by Crippen LogP contribution is -2.23. The van der Waals surface area contributed by atoms with Crippen LogP contribution in [0.2, 0.25) is 0 Å². The van der Waals surface area contributed by atoms with Gasteiger partial charge >= 0.3 is 0 Å². The van der Waals surface area contributed by atoms with E-state index in [0.717, 1.165) is 11.1 Å². The van der Waals surface area contributed by atoms with Gasteiger partial charge < -0.3 is 4.52 Å². The molecule has 3 aromatic rings. The first kappa shape index (κ1) is 16.8. The minimum absolute atomic E-state index is 0.245. The number of hydrogen-bond acceptors (Lipinski definition) is 6. The van der Waals surface area contributed by atoms with Gasteiger partial charge in [0.15, 0.2) is 0 Å². The molecule has 126 valence electrons. The Labute approximate surface area is 144 Å². The van der Waals surface area contributed by atoms with Crippen molar-refractivity contribution in [1.82, 2.24) is 14.9 Å². The topological polar surface area (TPSA) is 85.1 Å². The fourth-order valence-electron chi connectivity index (χ4n) is 2.20. The number of aromatic nitrogens is 2. The van der Waals surface area contributed by atoms with E-state index in [2.05, 4.69) is 14.9 Å². The highest BCUT2D eigenvalue weighted by Gasteiger charge is 2.21. The third-order valence-corrected chi connectivity index (χ3v) is 6.20. The van der Waals surface area contributed by atoms with Crippen molar-refractivity contribution in [2.45, 2.75) is 32.2 Å². The molecular weight excluding hydrogens is 346 g/mol. The molecule has 0 amide bonds. The fourth-order valence-corrected chi connectivity index (χ4v) is 4.74. The van der Waals surface area contributed by atoms with E-state index in [1.54, 1.807) is 19.9 Å². The van der Waals surface area contributed by atoms with Crippen LogP contribution < -0.4 is 4.72 Å². The molecule has 2 aromatic heterocycles. The molecule has 24 heavy (non-hydrogen) atoms. The normalized spacial score (nSPS) is 11.8. The SMILES string of the molecule is Cc1ccc(CNS(=O)(=O)c2cc(-c3noc(C)n3)sc2C)cc1. The fraction of sp³-hybridized carbons (Fsp3) is 0.250. The number of sulfonamides is 1. The van der Waals surface area contributed by atoms with E-state index in [4.69, 9.17) is 4.52 Å². The summed E-state index contributed by atoms with van der Waals surface area (Å²) in [5.74, 6) is 0.846. The van der Waals surface area contributed by atoms with Crippen LogP contribution in [-0.2, 0) is 16.6 Å². The molecule has 0 aliphatic carbocycles. The van der Waals surface area contributed by atoms with E-state index in [9.17, 15) is 8.42 Å². The molecule has 1 aromatic carbocycles. The van der Waals surface area contributed by atoms with Gasteiger partial charge in [0.05, 0.1) is 9.77 Å². The van der Waals surface area contributed by atoms with Crippen LogP contribution in [0.1, 0.15) is 21.9 Å². The van der Waals surface area contributed by atoms with Crippen molar-refractivity contribution in [2.24, 2.45) is 0 Å². The van der Waals surface area contributed by atoms with Gasteiger partial charge in [-0.25, -0.2) is 13.1 Å². The number of rotatable bonds is 5. The van der Waals surface area contributed by atoms with Gasteiger partial charge in [-0.1, -0.05) is 35.0 Å². The van der Waals surface area contributed by atoms with Crippen molar-refractivity contribution < 1.29 is 12.9 Å². The van der Waals surface area contributed by atoms with Crippen LogP contribution in [0.4, 0.5) is 0 Å². The van der Waals surface area contributed by atoms with Gasteiger partial charge in [0.25, 0.3) is 0 Å². The molecule has 0 saturated carbocycles. The smallest absolute Gasteiger partial charge is 0.241 e. The van der Waals surface area contributed by atoms with Gasteiger partial charge in [0.1, 0.15) is 0 Å².